The molecule has 21 heavy (non-hydrogen) atoms. The second kappa shape index (κ2) is 6.07. The Balaban J connectivity index is 1.90. The minimum atomic E-state index is -0.778. The Bertz CT molecular complexity index is 668. The molecule has 0 amide bonds. The van der Waals surface area contributed by atoms with Crippen molar-refractivity contribution in [1.29, 1.82) is 0 Å². The Kier molecular flexibility index (Phi) is 4.33. The van der Waals surface area contributed by atoms with Crippen molar-refractivity contribution in [2.24, 2.45) is 0 Å². The fraction of sp³-hybridized carbons (Fsp3) is 0.250. The topological polar surface area (TPSA) is 29.5 Å². The number of halogens is 3. The molecule has 1 atom stereocenters. The number of aliphatic hydroxyl groups excluding tert-OH is 1. The van der Waals surface area contributed by atoms with Crippen LogP contribution < -0.4 is 4.74 Å². The molecule has 2 aromatic rings. The van der Waals surface area contributed by atoms with E-state index in [1.165, 1.54) is 12.1 Å². The van der Waals surface area contributed by atoms with Gasteiger partial charge in [0.05, 0.1) is 12.7 Å². The fourth-order valence-corrected chi connectivity index (χ4v) is 3.63. The molecule has 1 heterocycles. The Hall–Kier alpha value is -0.910. The minimum absolute atomic E-state index is 0.367. The van der Waals surface area contributed by atoms with E-state index in [9.17, 15) is 9.50 Å². The number of ether oxygens (including phenoxy) is 1. The number of rotatable bonds is 3. The summed E-state index contributed by atoms with van der Waals surface area (Å²) in [5, 5.41) is 10.4. The lowest BCUT2D eigenvalue weighted by Gasteiger charge is -2.15. The summed E-state index contributed by atoms with van der Waals surface area (Å²) in [5.74, 6) is 0.488. The van der Waals surface area contributed by atoms with Crippen molar-refractivity contribution in [1.82, 2.24) is 0 Å². The van der Waals surface area contributed by atoms with Gasteiger partial charge in [-0.15, -0.1) is 0 Å². The van der Waals surface area contributed by atoms with Crippen LogP contribution in [0, 0.1) is 5.82 Å². The van der Waals surface area contributed by atoms with Crippen molar-refractivity contribution < 1.29 is 14.2 Å². The number of hydrogen-bond donors (Lipinski definition) is 1. The molecule has 0 aliphatic carbocycles. The highest BCUT2D eigenvalue weighted by Crippen LogP contribution is 2.35. The number of hydrogen-bond acceptors (Lipinski definition) is 2. The van der Waals surface area contributed by atoms with Crippen LogP contribution >= 0.6 is 31.9 Å². The van der Waals surface area contributed by atoms with Gasteiger partial charge >= 0.3 is 0 Å². The minimum Gasteiger partial charge on any atom is -0.493 e. The van der Waals surface area contributed by atoms with E-state index < -0.39 is 6.10 Å². The smallest absolute Gasteiger partial charge is 0.125 e. The normalized spacial score (nSPS) is 14.7. The van der Waals surface area contributed by atoms with E-state index in [1.54, 1.807) is 6.07 Å². The van der Waals surface area contributed by atoms with Gasteiger partial charge in [0.25, 0.3) is 0 Å². The van der Waals surface area contributed by atoms with Gasteiger partial charge in [-0.2, -0.15) is 0 Å². The van der Waals surface area contributed by atoms with E-state index in [-0.39, 0.29) is 5.82 Å². The standard InChI is InChI=1S/C16H13Br2FO2/c17-12-3-9-1-2-21-16(9)11(5-12)7-15(20)10-4-13(18)8-14(19)6-10/h3-6,8,15,20H,1-2,7H2. The van der Waals surface area contributed by atoms with Crippen LogP contribution in [0.3, 0.4) is 0 Å². The molecule has 2 nitrogen and oxygen atoms in total. The molecule has 1 N–H and O–H groups in total. The number of fused-ring (bicyclic) bond motifs is 1. The van der Waals surface area contributed by atoms with E-state index in [0.717, 1.165) is 27.8 Å². The fourth-order valence-electron chi connectivity index (χ4n) is 2.59. The van der Waals surface area contributed by atoms with Crippen LogP contribution in [0.5, 0.6) is 5.75 Å². The molecule has 110 valence electrons. The summed E-state index contributed by atoms with van der Waals surface area (Å²) in [6.45, 7) is 0.667. The SMILES string of the molecule is OC(Cc1cc(Br)cc2c1OCC2)c1cc(F)cc(Br)c1. The van der Waals surface area contributed by atoms with Gasteiger partial charge in [-0.05, 0) is 47.0 Å². The van der Waals surface area contributed by atoms with Crippen LogP contribution in [-0.4, -0.2) is 11.7 Å². The average Bonchev–Trinajstić information content (AvgIpc) is 2.85. The summed E-state index contributed by atoms with van der Waals surface area (Å²) in [6, 6.07) is 8.44. The molecule has 2 aromatic carbocycles. The van der Waals surface area contributed by atoms with E-state index in [1.807, 2.05) is 12.1 Å². The van der Waals surface area contributed by atoms with Gasteiger partial charge in [0.15, 0.2) is 0 Å². The molecule has 0 radical (unpaired) electrons. The first-order chi connectivity index (χ1) is 10.0. The molecule has 1 unspecified atom stereocenters. The molecule has 1 aliphatic heterocycles. The average molecular weight is 416 g/mol. The highest BCUT2D eigenvalue weighted by atomic mass is 79.9. The van der Waals surface area contributed by atoms with Crippen LogP contribution in [0.1, 0.15) is 22.8 Å². The number of benzene rings is 2. The first-order valence-electron chi connectivity index (χ1n) is 6.61. The summed E-state index contributed by atoms with van der Waals surface area (Å²) in [6.07, 6.45) is 0.487. The molecular formula is C16H13Br2FO2. The summed E-state index contributed by atoms with van der Waals surface area (Å²) < 4.78 is 20.7. The van der Waals surface area contributed by atoms with Crippen LogP contribution in [0.4, 0.5) is 4.39 Å². The summed E-state index contributed by atoms with van der Waals surface area (Å²) in [4.78, 5) is 0. The molecule has 5 heteroatoms. The van der Waals surface area contributed by atoms with E-state index in [0.29, 0.717) is 23.1 Å². The van der Waals surface area contributed by atoms with Crippen LogP contribution in [-0.2, 0) is 12.8 Å². The predicted octanol–water partition coefficient (Wildman–Crippen LogP) is 4.56. The maximum atomic E-state index is 13.4. The molecule has 0 aromatic heterocycles. The second-order valence-corrected chi connectivity index (χ2v) is 6.91. The highest BCUT2D eigenvalue weighted by Gasteiger charge is 2.20. The van der Waals surface area contributed by atoms with Crippen LogP contribution in [0.15, 0.2) is 39.3 Å². The predicted molar refractivity (Wildman–Crippen MR) is 86.1 cm³/mol. The second-order valence-electron chi connectivity index (χ2n) is 5.07. The molecule has 0 saturated heterocycles. The monoisotopic (exact) mass is 414 g/mol. The first kappa shape index (κ1) is 15.0. The van der Waals surface area contributed by atoms with Gasteiger partial charge < -0.3 is 9.84 Å². The van der Waals surface area contributed by atoms with E-state index in [2.05, 4.69) is 31.9 Å². The highest BCUT2D eigenvalue weighted by molar-refractivity contribution is 9.10. The first-order valence-corrected chi connectivity index (χ1v) is 8.19. The molecule has 3 rings (SSSR count). The molecular weight excluding hydrogens is 403 g/mol. The molecule has 0 fully saturated rings. The lowest BCUT2D eigenvalue weighted by molar-refractivity contribution is 0.176. The molecule has 0 saturated carbocycles. The maximum absolute atomic E-state index is 13.4. The molecule has 0 spiro atoms. The van der Waals surface area contributed by atoms with E-state index in [4.69, 9.17) is 4.74 Å². The van der Waals surface area contributed by atoms with Crippen LogP contribution in [0.2, 0.25) is 0 Å². The summed E-state index contributed by atoms with van der Waals surface area (Å²) in [7, 11) is 0. The Morgan fingerprint density at radius 1 is 1.14 bits per heavy atom. The third kappa shape index (κ3) is 3.30. The number of aliphatic hydroxyl groups is 1. The molecule has 1 aliphatic rings. The summed E-state index contributed by atoms with van der Waals surface area (Å²) in [5.41, 5.74) is 2.63. The zero-order valence-electron chi connectivity index (χ0n) is 11.1. The zero-order chi connectivity index (χ0) is 15.0. The molecule has 0 bridgehead atoms. The Morgan fingerprint density at radius 2 is 1.90 bits per heavy atom. The van der Waals surface area contributed by atoms with Crippen molar-refractivity contribution >= 4 is 31.9 Å². The Morgan fingerprint density at radius 3 is 2.67 bits per heavy atom. The lowest BCUT2D eigenvalue weighted by atomic mass is 9.99. The summed E-state index contributed by atoms with van der Waals surface area (Å²) >= 11 is 6.73. The quantitative estimate of drug-likeness (QED) is 0.796. The van der Waals surface area contributed by atoms with Crippen molar-refractivity contribution in [2.75, 3.05) is 6.61 Å². The Labute approximate surface area is 139 Å². The van der Waals surface area contributed by atoms with E-state index >= 15 is 0 Å². The van der Waals surface area contributed by atoms with Gasteiger partial charge in [0, 0.05) is 21.8 Å². The van der Waals surface area contributed by atoms with Crippen molar-refractivity contribution in [3.05, 3.63) is 61.8 Å². The zero-order valence-corrected chi connectivity index (χ0v) is 14.2. The van der Waals surface area contributed by atoms with Crippen molar-refractivity contribution in [2.45, 2.75) is 18.9 Å². The van der Waals surface area contributed by atoms with Crippen LogP contribution in [0.25, 0.3) is 0 Å². The van der Waals surface area contributed by atoms with Crippen molar-refractivity contribution in [3.8, 4) is 5.75 Å². The lowest BCUT2D eigenvalue weighted by Crippen LogP contribution is -2.04. The third-order valence-electron chi connectivity index (χ3n) is 3.51. The van der Waals surface area contributed by atoms with Gasteiger partial charge in [0.1, 0.15) is 11.6 Å². The maximum Gasteiger partial charge on any atom is 0.125 e. The van der Waals surface area contributed by atoms with Gasteiger partial charge in [-0.3, -0.25) is 0 Å². The van der Waals surface area contributed by atoms with Gasteiger partial charge in [0.2, 0.25) is 0 Å². The largest absolute Gasteiger partial charge is 0.493 e. The van der Waals surface area contributed by atoms with Crippen molar-refractivity contribution in [3.63, 3.8) is 0 Å². The third-order valence-corrected chi connectivity index (χ3v) is 4.42. The van der Waals surface area contributed by atoms with Gasteiger partial charge in [-0.1, -0.05) is 31.9 Å². The van der Waals surface area contributed by atoms with Gasteiger partial charge in [-0.25, -0.2) is 4.39 Å².